The molecule has 88 valence electrons. The quantitative estimate of drug-likeness (QED) is 0.845. The highest BCUT2D eigenvalue weighted by atomic mass is 32.2. The minimum atomic E-state index is -0.214. The monoisotopic (exact) mass is 249 g/mol. The Bertz CT molecular complexity index is 487. The van der Waals surface area contributed by atoms with Gasteiger partial charge in [0.25, 0.3) is 0 Å². The fraction of sp³-hybridized carbons (Fsp3) is 0.167. The van der Waals surface area contributed by atoms with Crippen molar-refractivity contribution < 1.29 is 4.39 Å². The normalized spacial score (nSPS) is 10.2. The lowest BCUT2D eigenvalue weighted by Crippen LogP contribution is -1.98. The van der Waals surface area contributed by atoms with Crippen molar-refractivity contribution in [2.45, 2.75) is 10.6 Å². The molecule has 0 atom stereocenters. The van der Waals surface area contributed by atoms with Gasteiger partial charge in [-0.2, -0.15) is 0 Å². The summed E-state index contributed by atoms with van der Waals surface area (Å²) in [5, 5.41) is 2.89. The van der Waals surface area contributed by atoms with Crippen LogP contribution in [0.2, 0.25) is 0 Å². The van der Waals surface area contributed by atoms with Crippen LogP contribution >= 0.6 is 11.8 Å². The fourth-order valence-corrected chi connectivity index (χ4v) is 2.09. The molecule has 0 bridgehead atoms. The third-order valence-electron chi connectivity index (χ3n) is 2.14. The Labute approximate surface area is 103 Å². The molecular weight excluding hydrogens is 237 g/mol. The van der Waals surface area contributed by atoms with E-state index < -0.39 is 0 Å². The molecule has 0 amide bonds. The maximum atomic E-state index is 12.7. The van der Waals surface area contributed by atoms with E-state index in [9.17, 15) is 4.39 Å². The van der Waals surface area contributed by atoms with Gasteiger partial charge in [0.1, 0.15) is 5.82 Å². The van der Waals surface area contributed by atoms with E-state index in [1.165, 1.54) is 12.1 Å². The first-order chi connectivity index (χ1) is 8.28. The van der Waals surface area contributed by atoms with Crippen LogP contribution in [-0.4, -0.2) is 17.0 Å². The molecule has 0 saturated heterocycles. The Morgan fingerprint density at radius 2 is 2.00 bits per heavy atom. The topological polar surface area (TPSA) is 37.8 Å². The predicted molar refractivity (Wildman–Crippen MR) is 67.5 cm³/mol. The number of thioether (sulfide) groups is 1. The standard InChI is InChI=1S/C12H12FN3S/c1-14-12-15-7-6-10(16-12)8-17-11-4-2-9(13)3-5-11/h2-7H,8H2,1H3,(H,14,15,16). The predicted octanol–water partition coefficient (Wildman–Crippen LogP) is 2.95. The average molecular weight is 249 g/mol. The Hall–Kier alpha value is -1.62. The van der Waals surface area contributed by atoms with Crippen LogP contribution < -0.4 is 5.32 Å². The highest BCUT2D eigenvalue weighted by Gasteiger charge is 2.00. The Morgan fingerprint density at radius 1 is 1.24 bits per heavy atom. The molecule has 1 N–H and O–H groups in total. The Kier molecular flexibility index (Phi) is 3.93. The van der Waals surface area contributed by atoms with Crippen molar-refractivity contribution in [3.05, 3.63) is 48.0 Å². The summed E-state index contributed by atoms with van der Waals surface area (Å²) in [5.74, 6) is 1.14. The van der Waals surface area contributed by atoms with Crippen molar-refractivity contribution >= 4 is 17.7 Å². The third kappa shape index (κ3) is 3.42. The van der Waals surface area contributed by atoms with E-state index in [-0.39, 0.29) is 5.82 Å². The van der Waals surface area contributed by atoms with E-state index in [0.29, 0.717) is 5.95 Å². The van der Waals surface area contributed by atoms with E-state index in [4.69, 9.17) is 0 Å². The van der Waals surface area contributed by atoms with Crippen molar-refractivity contribution in [3.8, 4) is 0 Å². The SMILES string of the molecule is CNc1nccc(CSc2ccc(F)cc2)n1. The number of aromatic nitrogens is 2. The molecule has 0 saturated carbocycles. The number of benzene rings is 1. The Morgan fingerprint density at radius 3 is 2.71 bits per heavy atom. The molecule has 0 fully saturated rings. The molecule has 2 aromatic rings. The number of hydrogen-bond acceptors (Lipinski definition) is 4. The summed E-state index contributed by atoms with van der Waals surface area (Å²) in [6.45, 7) is 0. The molecule has 17 heavy (non-hydrogen) atoms. The van der Waals surface area contributed by atoms with Gasteiger partial charge in [-0.15, -0.1) is 11.8 Å². The molecule has 1 aromatic heterocycles. The summed E-state index contributed by atoms with van der Waals surface area (Å²) in [6, 6.07) is 8.32. The molecule has 5 heteroatoms. The lowest BCUT2D eigenvalue weighted by atomic mass is 10.4. The number of nitrogens with zero attached hydrogens (tertiary/aromatic N) is 2. The summed E-state index contributed by atoms with van der Waals surface area (Å²) in [6.07, 6.45) is 1.72. The van der Waals surface area contributed by atoms with Crippen LogP contribution in [0.3, 0.4) is 0 Å². The Balaban J connectivity index is 1.99. The van der Waals surface area contributed by atoms with Gasteiger partial charge >= 0.3 is 0 Å². The number of anilines is 1. The number of nitrogens with one attached hydrogen (secondary N) is 1. The molecule has 0 spiro atoms. The van der Waals surface area contributed by atoms with Crippen molar-refractivity contribution in [1.29, 1.82) is 0 Å². The first-order valence-corrected chi connectivity index (χ1v) is 6.14. The van der Waals surface area contributed by atoms with Crippen LogP contribution in [0.15, 0.2) is 41.4 Å². The minimum Gasteiger partial charge on any atom is -0.357 e. The van der Waals surface area contributed by atoms with Crippen LogP contribution in [-0.2, 0) is 5.75 Å². The third-order valence-corrected chi connectivity index (χ3v) is 3.18. The zero-order valence-corrected chi connectivity index (χ0v) is 10.2. The van der Waals surface area contributed by atoms with Gasteiger partial charge in [-0.3, -0.25) is 0 Å². The molecule has 3 nitrogen and oxygen atoms in total. The van der Waals surface area contributed by atoms with Crippen LogP contribution in [0, 0.1) is 5.82 Å². The second kappa shape index (κ2) is 5.63. The number of hydrogen-bond donors (Lipinski definition) is 1. The highest BCUT2D eigenvalue weighted by molar-refractivity contribution is 7.98. The molecule has 1 heterocycles. The highest BCUT2D eigenvalue weighted by Crippen LogP contribution is 2.22. The van der Waals surface area contributed by atoms with Gasteiger partial charge in [0.15, 0.2) is 0 Å². The van der Waals surface area contributed by atoms with Gasteiger partial charge < -0.3 is 5.32 Å². The van der Waals surface area contributed by atoms with E-state index in [1.54, 1.807) is 37.1 Å². The van der Waals surface area contributed by atoms with Gasteiger partial charge in [0, 0.05) is 23.9 Å². The first kappa shape index (κ1) is 11.9. The van der Waals surface area contributed by atoms with E-state index in [2.05, 4.69) is 15.3 Å². The molecule has 2 rings (SSSR count). The van der Waals surface area contributed by atoms with Crippen molar-refractivity contribution in [3.63, 3.8) is 0 Å². The van der Waals surface area contributed by atoms with Crippen LogP contribution in [0.4, 0.5) is 10.3 Å². The fourth-order valence-electron chi connectivity index (χ4n) is 1.29. The number of rotatable bonds is 4. The average Bonchev–Trinajstić information content (AvgIpc) is 2.38. The molecule has 1 aromatic carbocycles. The molecule has 0 aliphatic heterocycles. The second-order valence-corrected chi connectivity index (χ2v) is 4.41. The molecular formula is C12H12FN3S. The largest absolute Gasteiger partial charge is 0.357 e. The first-order valence-electron chi connectivity index (χ1n) is 5.16. The van der Waals surface area contributed by atoms with E-state index in [1.807, 2.05) is 6.07 Å². The summed E-state index contributed by atoms with van der Waals surface area (Å²) < 4.78 is 12.7. The van der Waals surface area contributed by atoms with E-state index >= 15 is 0 Å². The molecule has 0 aliphatic carbocycles. The zero-order valence-electron chi connectivity index (χ0n) is 9.35. The van der Waals surface area contributed by atoms with E-state index in [0.717, 1.165) is 16.3 Å². The van der Waals surface area contributed by atoms with Gasteiger partial charge in [0.2, 0.25) is 5.95 Å². The lowest BCUT2D eigenvalue weighted by molar-refractivity contribution is 0.626. The second-order valence-electron chi connectivity index (χ2n) is 3.36. The summed E-state index contributed by atoms with van der Waals surface area (Å²) in [5.41, 5.74) is 0.943. The van der Waals surface area contributed by atoms with Crippen LogP contribution in [0.25, 0.3) is 0 Å². The summed E-state index contributed by atoms with van der Waals surface area (Å²) in [7, 11) is 1.78. The lowest BCUT2D eigenvalue weighted by Gasteiger charge is -2.03. The van der Waals surface area contributed by atoms with Crippen LogP contribution in [0.1, 0.15) is 5.69 Å². The van der Waals surface area contributed by atoms with Crippen molar-refractivity contribution in [2.24, 2.45) is 0 Å². The maximum absolute atomic E-state index is 12.7. The molecule has 0 aliphatic rings. The van der Waals surface area contributed by atoms with Gasteiger partial charge in [-0.25, -0.2) is 14.4 Å². The van der Waals surface area contributed by atoms with Crippen LogP contribution in [0.5, 0.6) is 0 Å². The minimum absolute atomic E-state index is 0.214. The molecule has 0 unspecified atom stereocenters. The summed E-state index contributed by atoms with van der Waals surface area (Å²) >= 11 is 1.62. The smallest absolute Gasteiger partial charge is 0.222 e. The van der Waals surface area contributed by atoms with Crippen molar-refractivity contribution in [2.75, 3.05) is 12.4 Å². The maximum Gasteiger partial charge on any atom is 0.222 e. The zero-order chi connectivity index (χ0) is 12.1. The number of halogens is 1. The van der Waals surface area contributed by atoms with Gasteiger partial charge in [-0.1, -0.05) is 0 Å². The van der Waals surface area contributed by atoms with Crippen molar-refractivity contribution in [1.82, 2.24) is 9.97 Å². The molecule has 0 radical (unpaired) electrons. The van der Waals surface area contributed by atoms with Gasteiger partial charge in [-0.05, 0) is 30.3 Å². The van der Waals surface area contributed by atoms with Gasteiger partial charge in [0.05, 0.1) is 5.69 Å². The summed E-state index contributed by atoms with van der Waals surface area (Å²) in [4.78, 5) is 9.37.